The van der Waals surface area contributed by atoms with Crippen molar-refractivity contribution in [2.45, 2.75) is 30.8 Å². The lowest BCUT2D eigenvalue weighted by Crippen LogP contribution is -2.56. The number of rotatable bonds is 10. The summed E-state index contributed by atoms with van der Waals surface area (Å²) in [6.45, 7) is 0.125. The Balaban J connectivity index is 1.49. The Hall–Kier alpha value is -3.33. The van der Waals surface area contributed by atoms with E-state index in [2.05, 4.69) is 10.5 Å². The lowest BCUT2D eigenvalue weighted by molar-refractivity contribution is -0.144. The number of nitrogens with zero attached hydrogens (tertiary/aromatic N) is 1. The highest BCUT2D eigenvalue weighted by Gasteiger charge is 2.48. The number of ether oxygens (including phenoxy) is 1. The molecular weight excluding hydrogens is 467 g/mol. The van der Waals surface area contributed by atoms with Crippen molar-refractivity contribution in [1.82, 2.24) is 5.32 Å². The molecule has 4 rings (SSSR count). The predicted octanol–water partition coefficient (Wildman–Crippen LogP) is 3.22. The second kappa shape index (κ2) is 11.4. The number of benzene rings is 3. The van der Waals surface area contributed by atoms with Crippen molar-refractivity contribution < 1.29 is 24.4 Å². The molecule has 2 atom stereocenters. The maximum absolute atomic E-state index is 13.6. The average Bonchev–Trinajstić information content (AvgIpc) is 3.27. The number of hydrogen-bond donors (Lipinski definition) is 3. The normalized spacial score (nSPS) is 17.7. The first-order valence-electron chi connectivity index (χ1n) is 11.3. The first kappa shape index (κ1) is 24.8. The lowest BCUT2D eigenvalue weighted by Gasteiger charge is -2.28. The van der Waals surface area contributed by atoms with Gasteiger partial charge in [0.15, 0.2) is 0 Å². The van der Waals surface area contributed by atoms with Crippen LogP contribution < -0.4 is 10.1 Å². The van der Waals surface area contributed by atoms with Gasteiger partial charge in [0.1, 0.15) is 12.4 Å². The van der Waals surface area contributed by atoms with Gasteiger partial charge in [0.2, 0.25) is 5.60 Å². The summed E-state index contributed by atoms with van der Waals surface area (Å²) in [5, 5.41) is 27.4. The molecule has 0 bridgehead atoms. The maximum Gasteiger partial charge on any atom is 0.475 e. The van der Waals surface area contributed by atoms with E-state index >= 15 is 0 Å². The van der Waals surface area contributed by atoms with Gasteiger partial charge in [-0.15, -0.1) is 0 Å². The highest BCUT2D eigenvalue weighted by atomic mass is 35.5. The molecule has 0 fully saturated rings. The fourth-order valence-electron chi connectivity index (χ4n) is 3.97. The standard InChI is InChI=1S/C26H26BClN2O5/c28-21-12-7-13-23(15-21)34-18-22-17-26(35-30-22,16-20-10-5-2-6-11-20)25(31)29-24(27(32)33)14-19-8-3-1-4-9-19/h1-13,15,24,32-33H,14,16-18H2,(H,29,31)/t24-,26?/m0/s1. The van der Waals surface area contributed by atoms with Crippen molar-refractivity contribution in [3.8, 4) is 5.75 Å². The van der Waals surface area contributed by atoms with Crippen LogP contribution in [0, 0.1) is 0 Å². The van der Waals surface area contributed by atoms with Crippen LogP contribution in [0.15, 0.2) is 90.1 Å². The monoisotopic (exact) mass is 492 g/mol. The molecule has 180 valence electrons. The van der Waals surface area contributed by atoms with Crippen LogP contribution in [-0.4, -0.2) is 46.9 Å². The third-order valence-electron chi connectivity index (χ3n) is 5.76. The summed E-state index contributed by atoms with van der Waals surface area (Å²) in [6.07, 6.45) is 0.689. The number of amides is 1. The largest absolute Gasteiger partial charge is 0.487 e. The second-order valence-corrected chi connectivity index (χ2v) is 8.95. The minimum Gasteiger partial charge on any atom is -0.487 e. The quantitative estimate of drug-likeness (QED) is 0.377. The Labute approximate surface area is 209 Å². The molecule has 0 saturated carbocycles. The summed E-state index contributed by atoms with van der Waals surface area (Å²) < 4.78 is 5.79. The van der Waals surface area contributed by atoms with E-state index in [0.717, 1.165) is 11.1 Å². The number of oxime groups is 1. The van der Waals surface area contributed by atoms with Gasteiger partial charge >= 0.3 is 7.12 Å². The van der Waals surface area contributed by atoms with E-state index in [1.165, 1.54) is 0 Å². The Morgan fingerprint density at radius 3 is 2.40 bits per heavy atom. The van der Waals surface area contributed by atoms with Gasteiger partial charge in [-0.25, -0.2) is 0 Å². The van der Waals surface area contributed by atoms with Crippen LogP contribution in [0.5, 0.6) is 5.75 Å². The van der Waals surface area contributed by atoms with Crippen molar-refractivity contribution in [2.75, 3.05) is 6.61 Å². The number of carbonyl (C=O) groups is 1. The topological polar surface area (TPSA) is 100 Å². The van der Waals surface area contributed by atoms with Gasteiger partial charge in [-0.2, -0.15) is 0 Å². The highest BCUT2D eigenvalue weighted by molar-refractivity contribution is 6.43. The van der Waals surface area contributed by atoms with E-state index in [4.69, 9.17) is 21.2 Å². The minimum absolute atomic E-state index is 0.125. The van der Waals surface area contributed by atoms with E-state index in [1.807, 2.05) is 60.7 Å². The molecule has 35 heavy (non-hydrogen) atoms. The van der Waals surface area contributed by atoms with Crippen LogP contribution in [0.4, 0.5) is 0 Å². The summed E-state index contributed by atoms with van der Waals surface area (Å²) in [4.78, 5) is 19.3. The molecule has 1 amide bonds. The SMILES string of the molecule is O=C(N[C@@H](Cc1ccccc1)B(O)O)C1(Cc2ccccc2)CC(COc2cccc(Cl)c2)=NO1. The third-order valence-corrected chi connectivity index (χ3v) is 6.00. The van der Waals surface area contributed by atoms with Crippen molar-refractivity contribution in [2.24, 2.45) is 5.16 Å². The summed E-state index contributed by atoms with van der Waals surface area (Å²) in [7, 11) is -1.75. The minimum atomic E-state index is -1.75. The van der Waals surface area contributed by atoms with Crippen LogP contribution in [0.2, 0.25) is 5.02 Å². The molecule has 0 aromatic heterocycles. The Morgan fingerprint density at radius 1 is 1.06 bits per heavy atom. The molecule has 0 radical (unpaired) electrons. The summed E-state index contributed by atoms with van der Waals surface area (Å²) >= 11 is 6.02. The van der Waals surface area contributed by atoms with Crippen LogP contribution >= 0.6 is 11.6 Å². The van der Waals surface area contributed by atoms with E-state index in [9.17, 15) is 14.8 Å². The Morgan fingerprint density at radius 2 is 1.74 bits per heavy atom. The van der Waals surface area contributed by atoms with Gasteiger partial charge in [-0.05, 0) is 35.7 Å². The first-order valence-corrected chi connectivity index (χ1v) is 11.7. The van der Waals surface area contributed by atoms with Crippen LogP contribution in [0.25, 0.3) is 0 Å². The molecule has 0 spiro atoms. The van der Waals surface area contributed by atoms with E-state index in [-0.39, 0.29) is 25.9 Å². The van der Waals surface area contributed by atoms with Crippen molar-refractivity contribution in [1.29, 1.82) is 0 Å². The van der Waals surface area contributed by atoms with E-state index in [1.54, 1.807) is 24.3 Å². The lowest BCUT2D eigenvalue weighted by atomic mass is 9.75. The Bertz CT molecular complexity index is 1160. The maximum atomic E-state index is 13.6. The van der Waals surface area contributed by atoms with Crippen molar-refractivity contribution in [3.05, 3.63) is 101 Å². The second-order valence-electron chi connectivity index (χ2n) is 8.51. The molecule has 1 heterocycles. The zero-order valence-corrected chi connectivity index (χ0v) is 19.8. The van der Waals surface area contributed by atoms with Crippen molar-refractivity contribution >= 4 is 30.3 Å². The number of hydrogen-bond acceptors (Lipinski definition) is 6. The third kappa shape index (κ3) is 6.63. The number of halogens is 1. The van der Waals surface area contributed by atoms with Crippen molar-refractivity contribution in [3.63, 3.8) is 0 Å². The highest BCUT2D eigenvalue weighted by Crippen LogP contribution is 2.30. The molecule has 1 unspecified atom stereocenters. The molecule has 0 saturated heterocycles. The molecule has 9 heteroatoms. The molecule has 3 aromatic carbocycles. The molecule has 1 aliphatic rings. The van der Waals surface area contributed by atoms with E-state index in [0.29, 0.717) is 16.5 Å². The number of nitrogens with one attached hydrogen (secondary N) is 1. The van der Waals surface area contributed by atoms with Crippen LogP contribution in [0.1, 0.15) is 17.5 Å². The fourth-order valence-corrected chi connectivity index (χ4v) is 4.15. The Kier molecular flexibility index (Phi) is 8.07. The summed E-state index contributed by atoms with van der Waals surface area (Å²) in [5.74, 6) is -0.818. The zero-order valence-electron chi connectivity index (χ0n) is 19.0. The molecule has 1 aliphatic heterocycles. The average molecular weight is 493 g/mol. The molecular formula is C26H26BClN2O5. The van der Waals surface area contributed by atoms with Crippen LogP contribution in [-0.2, 0) is 22.5 Å². The predicted molar refractivity (Wildman–Crippen MR) is 135 cm³/mol. The van der Waals surface area contributed by atoms with Gasteiger partial charge in [0.25, 0.3) is 5.91 Å². The van der Waals surface area contributed by atoms with Gasteiger partial charge in [-0.3, -0.25) is 4.79 Å². The van der Waals surface area contributed by atoms with Crippen LogP contribution in [0.3, 0.4) is 0 Å². The first-order chi connectivity index (χ1) is 16.9. The molecule has 3 N–H and O–H groups in total. The van der Waals surface area contributed by atoms with E-state index < -0.39 is 24.6 Å². The molecule has 7 nitrogen and oxygen atoms in total. The summed E-state index contributed by atoms with van der Waals surface area (Å²) in [5.41, 5.74) is 0.958. The van der Waals surface area contributed by atoms with Gasteiger partial charge < -0.3 is 24.9 Å². The van der Waals surface area contributed by atoms with Gasteiger partial charge in [0, 0.05) is 17.9 Å². The summed E-state index contributed by atoms with van der Waals surface area (Å²) in [6, 6.07) is 25.8. The zero-order chi connectivity index (χ0) is 24.7. The van der Waals surface area contributed by atoms with Gasteiger partial charge in [-0.1, -0.05) is 83.5 Å². The van der Waals surface area contributed by atoms with Gasteiger partial charge in [0.05, 0.1) is 11.7 Å². The molecule has 0 aliphatic carbocycles. The smallest absolute Gasteiger partial charge is 0.475 e. The number of carbonyl (C=O) groups excluding carboxylic acids is 1. The fraction of sp³-hybridized carbons (Fsp3) is 0.231. The molecule has 3 aromatic rings.